The van der Waals surface area contributed by atoms with Gasteiger partial charge >= 0.3 is 0 Å². The molecule has 1 aliphatic heterocycles. The monoisotopic (exact) mass is 228 g/mol. The van der Waals surface area contributed by atoms with Crippen LogP contribution in [0.4, 0.5) is 0 Å². The molecule has 1 fully saturated rings. The van der Waals surface area contributed by atoms with E-state index >= 15 is 0 Å². The fourth-order valence-electron chi connectivity index (χ4n) is 1.62. The van der Waals surface area contributed by atoms with Gasteiger partial charge in [-0.3, -0.25) is 4.79 Å². The van der Waals surface area contributed by atoms with Crippen molar-refractivity contribution in [3.63, 3.8) is 0 Å². The molecule has 0 atom stereocenters. The lowest BCUT2D eigenvalue weighted by Gasteiger charge is -2.39. The molecule has 4 heteroatoms. The van der Waals surface area contributed by atoms with Gasteiger partial charge in [0, 0.05) is 18.6 Å². The molecule has 1 amide bonds. The number of amides is 1. The Labute approximate surface area is 98.1 Å². The molecule has 0 radical (unpaired) electrons. The molecule has 0 aliphatic carbocycles. The van der Waals surface area contributed by atoms with Gasteiger partial charge in [0.15, 0.2) is 0 Å². The predicted molar refractivity (Wildman–Crippen MR) is 64.4 cm³/mol. The Morgan fingerprint density at radius 3 is 2.38 bits per heavy atom. The van der Waals surface area contributed by atoms with Crippen LogP contribution in [0.25, 0.3) is 0 Å². The molecule has 2 N–H and O–H groups in total. The predicted octanol–water partition coefficient (Wildman–Crippen LogP) is 1.06. The molecule has 0 aromatic carbocycles. The first-order valence-corrected chi connectivity index (χ1v) is 6.09. The normalized spacial score (nSPS) is 19.0. The SMILES string of the molecule is CCC(C)(CC)NC(=O)COC1(C)CNC1. The lowest BCUT2D eigenvalue weighted by Crippen LogP contribution is -2.60. The van der Waals surface area contributed by atoms with Gasteiger partial charge in [0.25, 0.3) is 0 Å². The van der Waals surface area contributed by atoms with Gasteiger partial charge in [-0.15, -0.1) is 0 Å². The van der Waals surface area contributed by atoms with Gasteiger partial charge in [0.1, 0.15) is 6.61 Å². The Kier molecular flexibility index (Phi) is 4.33. The summed E-state index contributed by atoms with van der Waals surface area (Å²) in [6.45, 7) is 10.1. The zero-order valence-electron chi connectivity index (χ0n) is 10.9. The Morgan fingerprint density at radius 1 is 1.44 bits per heavy atom. The van der Waals surface area contributed by atoms with Gasteiger partial charge in [0.05, 0.1) is 5.60 Å². The van der Waals surface area contributed by atoms with Crippen LogP contribution >= 0.6 is 0 Å². The first-order valence-electron chi connectivity index (χ1n) is 6.09. The molecule has 1 saturated heterocycles. The maximum Gasteiger partial charge on any atom is 0.246 e. The molecule has 0 spiro atoms. The first kappa shape index (κ1) is 13.5. The van der Waals surface area contributed by atoms with Gasteiger partial charge in [-0.2, -0.15) is 0 Å². The fourth-order valence-corrected chi connectivity index (χ4v) is 1.62. The maximum absolute atomic E-state index is 11.7. The molecule has 0 unspecified atom stereocenters. The average molecular weight is 228 g/mol. The van der Waals surface area contributed by atoms with E-state index in [1.54, 1.807) is 0 Å². The summed E-state index contributed by atoms with van der Waals surface area (Å²) < 4.78 is 5.59. The van der Waals surface area contributed by atoms with Crippen molar-refractivity contribution in [2.24, 2.45) is 0 Å². The largest absolute Gasteiger partial charge is 0.363 e. The van der Waals surface area contributed by atoms with E-state index in [9.17, 15) is 4.79 Å². The summed E-state index contributed by atoms with van der Waals surface area (Å²) in [6, 6.07) is 0. The van der Waals surface area contributed by atoms with E-state index in [4.69, 9.17) is 4.74 Å². The first-order chi connectivity index (χ1) is 7.43. The lowest BCUT2D eigenvalue weighted by molar-refractivity contribution is -0.137. The van der Waals surface area contributed by atoms with Crippen molar-refractivity contribution in [2.75, 3.05) is 19.7 Å². The summed E-state index contributed by atoms with van der Waals surface area (Å²) in [5, 5.41) is 6.17. The van der Waals surface area contributed by atoms with E-state index in [0.29, 0.717) is 0 Å². The molecule has 1 rings (SSSR count). The number of carbonyl (C=O) groups excluding carboxylic acids is 1. The maximum atomic E-state index is 11.7. The number of hydrogen-bond acceptors (Lipinski definition) is 3. The summed E-state index contributed by atoms with van der Waals surface area (Å²) in [4.78, 5) is 11.7. The van der Waals surface area contributed by atoms with Crippen molar-refractivity contribution in [2.45, 2.75) is 51.7 Å². The molecule has 1 aliphatic rings. The van der Waals surface area contributed by atoms with Crippen molar-refractivity contribution >= 4 is 5.91 Å². The van der Waals surface area contributed by atoms with Crippen molar-refractivity contribution in [3.8, 4) is 0 Å². The third-order valence-corrected chi connectivity index (χ3v) is 3.55. The number of hydrogen-bond donors (Lipinski definition) is 2. The summed E-state index contributed by atoms with van der Waals surface area (Å²) >= 11 is 0. The topological polar surface area (TPSA) is 50.4 Å². The van der Waals surface area contributed by atoms with Crippen LogP contribution < -0.4 is 10.6 Å². The number of nitrogens with one attached hydrogen (secondary N) is 2. The van der Waals surface area contributed by atoms with Crippen LogP contribution in [0.3, 0.4) is 0 Å². The second-order valence-electron chi connectivity index (χ2n) is 5.16. The Bertz CT molecular complexity index is 245. The lowest BCUT2D eigenvalue weighted by atomic mass is 9.95. The smallest absolute Gasteiger partial charge is 0.246 e. The highest BCUT2D eigenvalue weighted by molar-refractivity contribution is 5.78. The number of ether oxygens (including phenoxy) is 1. The van der Waals surface area contributed by atoms with Crippen LogP contribution in [0.15, 0.2) is 0 Å². The van der Waals surface area contributed by atoms with E-state index in [1.807, 2.05) is 6.92 Å². The van der Waals surface area contributed by atoms with Gasteiger partial charge < -0.3 is 15.4 Å². The minimum Gasteiger partial charge on any atom is -0.363 e. The van der Waals surface area contributed by atoms with Gasteiger partial charge in [0.2, 0.25) is 5.91 Å². The van der Waals surface area contributed by atoms with E-state index in [1.165, 1.54) is 0 Å². The van der Waals surface area contributed by atoms with Crippen molar-refractivity contribution in [1.82, 2.24) is 10.6 Å². The Balaban J connectivity index is 2.30. The quantitative estimate of drug-likeness (QED) is 0.714. The van der Waals surface area contributed by atoms with Crippen LogP contribution in [0.2, 0.25) is 0 Å². The standard InChI is InChI=1S/C12H24N2O2/c1-5-11(3,6-2)14-10(15)7-16-12(4)8-13-9-12/h13H,5-9H2,1-4H3,(H,14,15). The average Bonchev–Trinajstić information content (AvgIpc) is 2.23. The third kappa shape index (κ3) is 3.46. The molecule has 1 heterocycles. The van der Waals surface area contributed by atoms with Crippen molar-refractivity contribution in [1.29, 1.82) is 0 Å². The van der Waals surface area contributed by atoms with Crippen LogP contribution in [0, 0.1) is 0 Å². The van der Waals surface area contributed by atoms with Gasteiger partial charge in [-0.05, 0) is 26.7 Å². The minimum atomic E-state index is -0.147. The van der Waals surface area contributed by atoms with E-state index in [0.717, 1.165) is 25.9 Å². The highest BCUT2D eigenvalue weighted by Gasteiger charge is 2.33. The molecule has 0 aromatic heterocycles. The van der Waals surface area contributed by atoms with Crippen molar-refractivity contribution in [3.05, 3.63) is 0 Å². The van der Waals surface area contributed by atoms with Crippen LogP contribution in [-0.2, 0) is 9.53 Å². The van der Waals surface area contributed by atoms with Crippen LogP contribution in [-0.4, -0.2) is 36.7 Å². The zero-order valence-corrected chi connectivity index (χ0v) is 10.9. The molecule has 4 nitrogen and oxygen atoms in total. The molecule has 0 bridgehead atoms. The zero-order chi connectivity index (χ0) is 12.2. The summed E-state index contributed by atoms with van der Waals surface area (Å²) in [5.74, 6) is -0.0145. The molecular formula is C12H24N2O2. The third-order valence-electron chi connectivity index (χ3n) is 3.55. The number of carbonyl (C=O) groups is 1. The Morgan fingerprint density at radius 2 is 2.00 bits per heavy atom. The summed E-state index contributed by atoms with van der Waals surface area (Å²) in [7, 11) is 0. The number of rotatable bonds is 6. The van der Waals surface area contributed by atoms with Crippen LogP contribution in [0.5, 0.6) is 0 Å². The van der Waals surface area contributed by atoms with Crippen LogP contribution in [0.1, 0.15) is 40.5 Å². The fraction of sp³-hybridized carbons (Fsp3) is 0.917. The highest BCUT2D eigenvalue weighted by atomic mass is 16.5. The highest BCUT2D eigenvalue weighted by Crippen LogP contribution is 2.16. The minimum absolute atomic E-state index is 0.0145. The molecule has 16 heavy (non-hydrogen) atoms. The van der Waals surface area contributed by atoms with Crippen molar-refractivity contribution < 1.29 is 9.53 Å². The second kappa shape index (κ2) is 5.15. The van der Waals surface area contributed by atoms with E-state index in [2.05, 4.69) is 31.4 Å². The second-order valence-corrected chi connectivity index (χ2v) is 5.16. The van der Waals surface area contributed by atoms with E-state index in [-0.39, 0.29) is 23.7 Å². The summed E-state index contributed by atoms with van der Waals surface area (Å²) in [6.07, 6.45) is 1.88. The summed E-state index contributed by atoms with van der Waals surface area (Å²) in [5.41, 5.74) is -0.245. The van der Waals surface area contributed by atoms with E-state index < -0.39 is 0 Å². The molecular weight excluding hydrogens is 204 g/mol. The molecule has 94 valence electrons. The van der Waals surface area contributed by atoms with Gasteiger partial charge in [-0.25, -0.2) is 0 Å². The molecule has 0 saturated carbocycles. The Hall–Kier alpha value is -0.610. The molecule has 0 aromatic rings. The van der Waals surface area contributed by atoms with Gasteiger partial charge in [-0.1, -0.05) is 13.8 Å².